The highest BCUT2D eigenvalue weighted by Gasteiger charge is 2.30. The number of anilines is 2. The molecule has 3 aromatic rings. The molecule has 2 aromatic carbocycles. The van der Waals surface area contributed by atoms with Gasteiger partial charge in [-0.25, -0.2) is 0 Å². The second-order valence-corrected chi connectivity index (χ2v) is 10.8. The molecule has 0 bridgehead atoms. The van der Waals surface area contributed by atoms with E-state index in [1.54, 1.807) is 12.0 Å². The van der Waals surface area contributed by atoms with Crippen molar-refractivity contribution in [3.63, 3.8) is 0 Å². The molecule has 2 aliphatic rings. The smallest absolute Gasteiger partial charge is 0.307 e. The average molecular weight is 522 g/mol. The first-order valence-electron chi connectivity index (χ1n) is 12.7. The molecule has 1 fully saturated rings. The molecule has 37 heavy (non-hydrogen) atoms. The van der Waals surface area contributed by atoms with E-state index in [9.17, 15) is 19.5 Å². The van der Waals surface area contributed by atoms with Crippen LogP contribution in [0.15, 0.2) is 41.2 Å². The van der Waals surface area contributed by atoms with Gasteiger partial charge in [0.1, 0.15) is 5.75 Å². The van der Waals surface area contributed by atoms with E-state index in [1.165, 1.54) is 6.42 Å². The minimum absolute atomic E-state index is 0.00627. The number of benzene rings is 2. The van der Waals surface area contributed by atoms with Crippen molar-refractivity contribution in [2.24, 2.45) is 5.92 Å². The molecule has 5 rings (SSSR count). The average Bonchev–Trinajstić information content (AvgIpc) is 3.23. The van der Waals surface area contributed by atoms with Crippen molar-refractivity contribution in [1.82, 2.24) is 4.98 Å². The Bertz CT molecular complexity index is 1360. The van der Waals surface area contributed by atoms with Crippen LogP contribution in [0, 0.1) is 5.92 Å². The number of H-pyrrole nitrogens is 1. The monoisotopic (exact) mass is 521 g/mol. The van der Waals surface area contributed by atoms with Crippen molar-refractivity contribution in [2.75, 3.05) is 17.3 Å². The molecule has 8 nitrogen and oxygen atoms in total. The Hall–Kier alpha value is -3.59. The molecule has 1 aromatic heterocycles. The lowest BCUT2D eigenvalue weighted by Crippen LogP contribution is -2.35. The Morgan fingerprint density at radius 3 is 2.54 bits per heavy atom. The standard InChI is InChI=1S/C28H31N3O5S/c1-36-22-13-9-19(15-23-27(34)30-28(35)37-23)21-12-14-24(32)31(25(21)22)16-17-7-10-20(11-8-17)29-26(33)18-5-3-2-4-6-18/h7-11,13,18,34H,2-6,12,14-16H2,1H3,(H,29,33)(H,30,35). The Labute approximate surface area is 219 Å². The fraction of sp³-hybridized carbons (Fsp3) is 0.393. The molecular formula is C28H31N3O5S. The minimum Gasteiger partial charge on any atom is -0.495 e. The molecule has 0 unspecified atom stereocenters. The highest BCUT2D eigenvalue weighted by Crippen LogP contribution is 2.41. The summed E-state index contributed by atoms with van der Waals surface area (Å²) in [5, 5.41) is 13.1. The van der Waals surface area contributed by atoms with Crippen molar-refractivity contribution in [3.05, 3.63) is 67.6 Å². The van der Waals surface area contributed by atoms with Crippen LogP contribution in [-0.2, 0) is 29.0 Å². The number of nitrogens with zero attached hydrogens (tertiary/aromatic N) is 1. The summed E-state index contributed by atoms with van der Waals surface area (Å²) in [6.45, 7) is 0.366. The molecule has 0 spiro atoms. The zero-order valence-electron chi connectivity index (χ0n) is 20.8. The summed E-state index contributed by atoms with van der Waals surface area (Å²) in [4.78, 5) is 41.7. The molecule has 3 N–H and O–H groups in total. The van der Waals surface area contributed by atoms with Gasteiger partial charge in [0, 0.05) is 24.4 Å². The van der Waals surface area contributed by atoms with Crippen LogP contribution in [-0.4, -0.2) is 29.0 Å². The van der Waals surface area contributed by atoms with E-state index >= 15 is 0 Å². The Morgan fingerprint density at radius 1 is 1.11 bits per heavy atom. The van der Waals surface area contributed by atoms with Crippen LogP contribution >= 0.6 is 11.3 Å². The van der Waals surface area contributed by atoms with Crippen molar-refractivity contribution in [1.29, 1.82) is 0 Å². The number of carbonyl (C=O) groups excluding carboxylic acids is 2. The van der Waals surface area contributed by atoms with Crippen LogP contribution in [0.1, 0.15) is 60.1 Å². The summed E-state index contributed by atoms with van der Waals surface area (Å²) in [6.07, 6.45) is 6.64. The third kappa shape index (κ3) is 5.41. The number of aromatic amines is 1. The lowest BCUT2D eigenvalue weighted by molar-refractivity contribution is -0.121. The van der Waals surface area contributed by atoms with Crippen LogP contribution < -0.4 is 19.8 Å². The number of hydrogen-bond acceptors (Lipinski definition) is 6. The Morgan fingerprint density at radius 2 is 1.86 bits per heavy atom. The van der Waals surface area contributed by atoms with Crippen molar-refractivity contribution in [2.45, 2.75) is 57.9 Å². The number of ether oxygens (including phenoxy) is 1. The maximum Gasteiger partial charge on any atom is 0.307 e. The number of aromatic hydroxyl groups is 1. The summed E-state index contributed by atoms with van der Waals surface area (Å²) < 4.78 is 5.64. The van der Waals surface area contributed by atoms with Gasteiger partial charge in [-0.3, -0.25) is 19.4 Å². The number of methoxy groups -OCH3 is 1. The van der Waals surface area contributed by atoms with Gasteiger partial charge in [0.25, 0.3) is 0 Å². The molecule has 1 aliphatic carbocycles. The highest BCUT2D eigenvalue weighted by atomic mass is 32.1. The second kappa shape index (κ2) is 10.8. The van der Waals surface area contributed by atoms with Gasteiger partial charge in [-0.05, 0) is 54.2 Å². The SMILES string of the molecule is COc1ccc(Cc2sc(=O)[nH]c2O)c2c1N(Cc1ccc(NC(=O)C3CCCCC3)cc1)C(=O)CC2. The summed E-state index contributed by atoms with van der Waals surface area (Å²) in [6, 6.07) is 11.4. The van der Waals surface area contributed by atoms with Crippen molar-refractivity contribution < 1.29 is 19.4 Å². The van der Waals surface area contributed by atoms with Crippen LogP contribution in [0.3, 0.4) is 0 Å². The number of aromatic nitrogens is 1. The lowest BCUT2D eigenvalue weighted by atomic mass is 9.88. The number of carbonyl (C=O) groups is 2. The maximum atomic E-state index is 13.1. The van der Waals surface area contributed by atoms with Gasteiger partial charge in [0.15, 0.2) is 0 Å². The maximum absolute atomic E-state index is 13.1. The summed E-state index contributed by atoms with van der Waals surface area (Å²) in [5.74, 6) is 0.676. The molecular weight excluding hydrogens is 490 g/mol. The first-order chi connectivity index (χ1) is 17.9. The molecule has 2 heterocycles. The quantitative estimate of drug-likeness (QED) is 0.416. The van der Waals surface area contributed by atoms with Crippen molar-refractivity contribution in [3.8, 4) is 11.6 Å². The van der Waals surface area contributed by atoms with Crippen LogP contribution in [0.4, 0.5) is 11.4 Å². The Balaban J connectivity index is 1.37. The van der Waals surface area contributed by atoms with Gasteiger partial charge >= 0.3 is 4.87 Å². The summed E-state index contributed by atoms with van der Waals surface area (Å²) in [7, 11) is 1.58. The molecule has 0 saturated heterocycles. The van der Waals surface area contributed by atoms with Crippen LogP contribution in [0.25, 0.3) is 0 Å². The minimum atomic E-state index is -0.301. The van der Waals surface area contributed by atoms with E-state index in [2.05, 4.69) is 10.3 Å². The van der Waals surface area contributed by atoms with Gasteiger partial charge in [0.05, 0.1) is 24.2 Å². The zero-order chi connectivity index (χ0) is 25.9. The van der Waals surface area contributed by atoms with Gasteiger partial charge in [0.2, 0.25) is 17.7 Å². The lowest BCUT2D eigenvalue weighted by Gasteiger charge is -2.32. The van der Waals surface area contributed by atoms with Crippen LogP contribution in [0.2, 0.25) is 0 Å². The fourth-order valence-corrected chi connectivity index (χ4v) is 6.10. The van der Waals surface area contributed by atoms with E-state index in [4.69, 9.17) is 4.74 Å². The first kappa shape index (κ1) is 25.1. The third-order valence-electron chi connectivity index (χ3n) is 7.31. The topological polar surface area (TPSA) is 112 Å². The van der Waals surface area contributed by atoms with Gasteiger partial charge in [-0.2, -0.15) is 0 Å². The number of nitrogens with one attached hydrogen (secondary N) is 2. The molecule has 0 atom stereocenters. The molecule has 9 heteroatoms. The van der Waals surface area contributed by atoms with Gasteiger partial charge in [-0.1, -0.05) is 48.8 Å². The third-order valence-corrected chi connectivity index (χ3v) is 8.18. The highest BCUT2D eigenvalue weighted by molar-refractivity contribution is 7.09. The Kier molecular flexibility index (Phi) is 7.32. The summed E-state index contributed by atoms with van der Waals surface area (Å²) in [5.41, 5.74) is 4.35. The van der Waals surface area contributed by atoms with Gasteiger partial charge in [-0.15, -0.1) is 0 Å². The van der Waals surface area contributed by atoms with E-state index in [1.807, 2.05) is 36.4 Å². The van der Waals surface area contributed by atoms with E-state index in [-0.39, 0.29) is 28.5 Å². The molecule has 1 aliphatic heterocycles. The van der Waals surface area contributed by atoms with Crippen LogP contribution in [0.5, 0.6) is 11.6 Å². The fourth-order valence-electron chi connectivity index (χ4n) is 5.35. The number of fused-ring (bicyclic) bond motifs is 1. The predicted octanol–water partition coefficient (Wildman–Crippen LogP) is 4.74. The number of amides is 2. The molecule has 0 radical (unpaired) electrons. The normalized spacial score (nSPS) is 15.9. The van der Waals surface area contributed by atoms with Gasteiger partial charge < -0.3 is 20.1 Å². The predicted molar refractivity (Wildman–Crippen MR) is 144 cm³/mol. The first-order valence-corrected chi connectivity index (χ1v) is 13.5. The number of rotatable bonds is 7. The summed E-state index contributed by atoms with van der Waals surface area (Å²) >= 11 is 0.985. The molecule has 194 valence electrons. The largest absolute Gasteiger partial charge is 0.495 e. The van der Waals surface area contributed by atoms with E-state index in [0.717, 1.165) is 65.1 Å². The second-order valence-electron chi connectivity index (χ2n) is 9.72. The zero-order valence-corrected chi connectivity index (χ0v) is 21.7. The molecule has 1 saturated carbocycles. The van der Waals surface area contributed by atoms with E-state index in [0.29, 0.717) is 36.4 Å². The number of hydrogen-bond donors (Lipinski definition) is 3. The number of thiazole rings is 1. The van der Waals surface area contributed by atoms with E-state index < -0.39 is 0 Å². The van der Waals surface area contributed by atoms with Crippen molar-refractivity contribution >= 4 is 34.5 Å². The molecule has 2 amide bonds.